The lowest BCUT2D eigenvalue weighted by molar-refractivity contribution is -0.0311. The Morgan fingerprint density at radius 3 is 2.48 bits per heavy atom. The number of ether oxygens (including phenoxy) is 1. The molecular formula is C34H51N7O. The smallest absolute Gasteiger partial charge is 0.147 e. The molecule has 1 aliphatic heterocycles. The lowest BCUT2D eigenvalue weighted by Crippen LogP contribution is -2.47. The largest absolute Gasteiger partial charge is 0.383 e. The number of anilines is 1. The van der Waals surface area contributed by atoms with Gasteiger partial charge in [-0.15, -0.1) is 0 Å². The first-order valence-electron chi connectivity index (χ1n) is 16.0. The molecule has 6 rings (SSSR count). The molecule has 0 amide bonds. The molecule has 4 aromatic rings. The Morgan fingerprint density at radius 1 is 1.10 bits per heavy atom. The number of H-pyrrole nitrogens is 1. The Morgan fingerprint density at radius 2 is 1.86 bits per heavy atom. The van der Waals surface area contributed by atoms with Crippen molar-refractivity contribution in [2.75, 3.05) is 12.3 Å². The molecule has 228 valence electrons. The van der Waals surface area contributed by atoms with Gasteiger partial charge in [-0.3, -0.25) is 4.90 Å². The van der Waals surface area contributed by atoms with Crippen molar-refractivity contribution >= 4 is 27.9 Å². The second-order valence-electron chi connectivity index (χ2n) is 13.8. The standard InChI is InChI=1S/C21H33N5O.C13H18N2/c1-13(2)17-11-26(21-19(17)20(22)23-12-24-21)18-9-8-16(27-18)10-25(14(3)4)15-6-5-7-15;1-5-12-14-10-7-6-9(13(2,3)4)8-11(10)15-12/h11-16,18H,5-10H2,1-4H3,(H2,22,23,24);6-8H,5H2,1-4H3,(H,14,15). The molecule has 8 heteroatoms. The molecule has 1 saturated carbocycles. The van der Waals surface area contributed by atoms with Gasteiger partial charge in [-0.05, 0) is 74.1 Å². The first kappa shape index (κ1) is 30.5. The summed E-state index contributed by atoms with van der Waals surface area (Å²) in [6, 6.07) is 7.81. The summed E-state index contributed by atoms with van der Waals surface area (Å²) in [5.41, 5.74) is 12.0. The third-order valence-electron chi connectivity index (χ3n) is 9.04. The number of nitrogens with one attached hydrogen (secondary N) is 1. The number of aryl methyl sites for hydroxylation is 1. The zero-order chi connectivity index (χ0) is 30.2. The van der Waals surface area contributed by atoms with E-state index in [-0.39, 0.29) is 17.7 Å². The maximum Gasteiger partial charge on any atom is 0.147 e. The van der Waals surface area contributed by atoms with E-state index in [0.29, 0.717) is 17.8 Å². The average molecular weight is 574 g/mol. The number of nitrogen functional groups attached to an aromatic ring is 1. The summed E-state index contributed by atoms with van der Waals surface area (Å²) in [4.78, 5) is 19.2. The summed E-state index contributed by atoms with van der Waals surface area (Å²) in [5, 5.41) is 0.984. The van der Waals surface area contributed by atoms with Crippen LogP contribution in [0.15, 0.2) is 30.7 Å². The van der Waals surface area contributed by atoms with Gasteiger partial charge in [0.2, 0.25) is 0 Å². The molecule has 1 saturated heterocycles. The van der Waals surface area contributed by atoms with E-state index < -0.39 is 0 Å². The van der Waals surface area contributed by atoms with Gasteiger partial charge in [0.1, 0.15) is 29.8 Å². The van der Waals surface area contributed by atoms with E-state index >= 15 is 0 Å². The summed E-state index contributed by atoms with van der Waals surface area (Å²) in [7, 11) is 0. The fraction of sp³-hybridized carbons (Fsp3) is 0.618. The van der Waals surface area contributed by atoms with Gasteiger partial charge in [-0.2, -0.15) is 0 Å². The summed E-state index contributed by atoms with van der Waals surface area (Å²) >= 11 is 0. The van der Waals surface area contributed by atoms with E-state index in [1.165, 1.54) is 30.4 Å². The van der Waals surface area contributed by atoms with Crippen LogP contribution in [0.1, 0.15) is 117 Å². The van der Waals surface area contributed by atoms with Crippen molar-refractivity contribution in [1.29, 1.82) is 0 Å². The third kappa shape index (κ3) is 6.35. The predicted molar refractivity (Wildman–Crippen MR) is 173 cm³/mol. The van der Waals surface area contributed by atoms with E-state index in [1.54, 1.807) is 6.33 Å². The minimum atomic E-state index is 0.0368. The molecule has 0 bridgehead atoms. The van der Waals surface area contributed by atoms with Crippen LogP contribution in [-0.4, -0.2) is 54.1 Å². The maximum absolute atomic E-state index is 6.51. The summed E-state index contributed by atoms with van der Waals surface area (Å²) in [6.45, 7) is 18.8. The second kappa shape index (κ2) is 12.3. The SMILES string of the molecule is CC(C)c1cn(C2CCC(CN(C(C)C)C3CCC3)O2)c2ncnc(N)c12.CCc1nc2ccc(C(C)(C)C)cc2[nH]1. The normalized spacial score (nSPS) is 19.7. The van der Waals surface area contributed by atoms with Crippen LogP contribution in [0.2, 0.25) is 0 Å². The molecule has 3 N–H and O–H groups in total. The molecule has 2 atom stereocenters. The molecule has 2 unspecified atom stereocenters. The number of nitrogens with two attached hydrogens (primary N) is 1. The van der Waals surface area contributed by atoms with Crippen LogP contribution in [0.4, 0.5) is 5.82 Å². The van der Waals surface area contributed by atoms with Gasteiger partial charge in [-0.1, -0.05) is 54.0 Å². The number of fused-ring (bicyclic) bond motifs is 2. The van der Waals surface area contributed by atoms with Crippen molar-refractivity contribution in [1.82, 2.24) is 29.4 Å². The van der Waals surface area contributed by atoms with Gasteiger partial charge >= 0.3 is 0 Å². The lowest BCUT2D eigenvalue weighted by Gasteiger charge is -2.41. The number of nitrogens with zero attached hydrogens (tertiary/aromatic N) is 5. The second-order valence-corrected chi connectivity index (χ2v) is 13.8. The zero-order valence-electron chi connectivity index (χ0n) is 26.9. The first-order chi connectivity index (χ1) is 20.0. The highest BCUT2D eigenvalue weighted by atomic mass is 16.5. The molecule has 1 aromatic carbocycles. The van der Waals surface area contributed by atoms with Gasteiger partial charge in [0.05, 0.1) is 22.5 Å². The number of hydrogen-bond donors (Lipinski definition) is 2. The zero-order valence-corrected chi connectivity index (χ0v) is 26.9. The first-order valence-corrected chi connectivity index (χ1v) is 16.0. The van der Waals surface area contributed by atoms with Gasteiger partial charge in [0.15, 0.2) is 0 Å². The maximum atomic E-state index is 6.51. The molecule has 4 heterocycles. The quantitative estimate of drug-likeness (QED) is 0.238. The van der Waals surface area contributed by atoms with Crippen molar-refractivity contribution in [3.8, 4) is 0 Å². The molecule has 1 aliphatic carbocycles. The van der Waals surface area contributed by atoms with Crippen LogP contribution in [0.5, 0.6) is 0 Å². The number of hydrogen-bond acceptors (Lipinski definition) is 6. The van der Waals surface area contributed by atoms with Crippen molar-refractivity contribution in [2.45, 2.75) is 130 Å². The Balaban J connectivity index is 0.000000199. The summed E-state index contributed by atoms with van der Waals surface area (Å²) in [6.07, 6.45) is 11.2. The van der Waals surface area contributed by atoms with E-state index in [1.807, 2.05) is 0 Å². The van der Waals surface area contributed by atoms with Crippen LogP contribution in [0, 0.1) is 0 Å². The molecule has 2 aliphatic rings. The Kier molecular flexibility index (Phi) is 8.95. The fourth-order valence-corrected chi connectivity index (χ4v) is 6.25. The Hall–Kier alpha value is -2.97. The monoisotopic (exact) mass is 573 g/mol. The van der Waals surface area contributed by atoms with Crippen LogP contribution < -0.4 is 5.73 Å². The summed E-state index contributed by atoms with van der Waals surface area (Å²) < 4.78 is 8.69. The molecule has 3 aromatic heterocycles. The van der Waals surface area contributed by atoms with Gasteiger partial charge < -0.3 is 20.0 Å². The van der Waals surface area contributed by atoms with Crippen molar-refractivity contribution in [3.63, 3.8) is 0 Å². The number of aromatic nitrogens is 5. The molecule has 8 nitrogen and oxygen atoms in total. The Bertz CT molecular complexity index is 1490. The molecule has 0 spiro atoms. The molecule has 0 radical (unpaired) electrons. The van der Waals surface area contributed by atoms with Crippen molar-refractivity contribution in [3.05, 3.63) is 47.7 Å². The number of rotatable bonds is 7. The minimum Gasteiger partial charge on any atom is -0.383 e. The topological polar surface area (TPSA) is 97.9 Å². The third-order valence-corrected chi connectivity index (χ3v) is 9.04. The van der Waals surface area contributed by atoms with Gasteiger partial charge in [-0.25, -0.2) is 15.0 Å². The predicted octanol–water partition coefficient (Wildman–Crippen LogP) is 7.50. The average Bonchev–Trinajstić information content (AvgIpc) is 3.63. The molecular weight excluding hydrogens is 522 g/mol. The fourth-order valence-electron chi connectivity index (χ4n) is 6.25. The van der Waals surface area contributed by atoms with Gasteiger partial charge in [0, 0.05) is 31.2 Å². The van der Waals surface area contributed by atoms with Crippen LogP contribution in [0.25, 0.3) is 22.1 Å². The van der Waals surface area contributed by atoms with Crippen molar-refractivity contribution in [2.24, 2.45) is 0 Å². The van der Waals surface area contributed by atoms with Gasteiger partial charge in [0.25, 0.3) is 0 Å². The van der Waals surface area contributed by atoms with Crippen molar-refractivity contribution < 1.29 is 4.74 Å². The number of benzene rings is 1. The lowest BCUT2D eigenvalue weighted by atomic mass is 9.87. The number of imidazole rings is 1. The van der Waals surface area contributed by atoms with E-state index in [0.717, 1.165) is 59.7 Å². The van der Waals surface area contributed by atoms with Crippen LogP contribution >= 0.6 is 0 Å². The Labute approximate surface area is 251 Å². The highest BCUT2D eigenvalue weighted by Crippen LogP contribution is 2.37. The molecule has 2 fully saturated rings. The highest BCUT2D eigenvalue weighted by molar-refractivity contribution is 5.90. The van der Waals surface area contributed by atoms with Crippen LogP contribution in [0.3, 0.4) is 0 Å². The number of aromatic amines is 1. The minimum absolute atomic E-state index is 0.0368. The van der Waals surface area contributed by atoms with E-state index in [9.17, 15) is 0 Å². The summed E-state index contributed by atoms with van der Waals surface area (Å²) in [5.74, 6) is 2.00. The highest BCUT2D eigenvalue weighted by Gasteiger charge is 2.34. The van der Waals surface area contributed by atoms with E-state index in [2.05, 4.69) is 109 Å². The van der Waals surface area contributed by atoms with E-state index in [4.69, 9.17) is 10.5 Å². The van der Waals surface area contributed by atoms with Crippen LogP contribution in [-0.2, 0) is 16.6 Å². The molecule has 42 heavy (non-hydrogen) atoms.